The lowest BCUT2D eigenvalue weighted by Crippen LogP contribution is -2.23. The van der Waals surface area contributed by atoms with Crippen molar-refractivity contribution in [3.63, 3.8) is 0 Å². The van der Waals surface area contributed by atoms with Gasteiger partial charge in [-0.3, -0.25) is 0 Å². The fraction of sp³-hybridized carbons (Fsp3) is 0.360. The summed E-state index contributed by atoms with van der Waals surface area (Å²) < 4.78 is 46.9. The third-order valence-corrected chi connectivity index (χ3v) is 5.00. The normalized spacial score (nSPS) is 12.8. The van der Waals surface area contributed by atoms with Crippen molar-refractivity contribution in [2.75, 3.05) is 10.6 Å². The molecule has 0 bridgehead atoms. The number of nitrogens with zero attached hydrogens (tertiary/aromatic N) is 2. The number of nitrogens with one attached hydrogen (secondary N) is 2. The maximum atomic E-state index is 13.7. The van der Waals surface area contributed by atoms with Gasteiger partial charge in [-0.05, 0) is 62.9 Å². The van der Waals surface area contributed by atoms with Crippen LogP contribution in [0.25, 0.3) is 0 Å². The molecule has 0 aliphatic carbocycles. The van der Waals surface area contributed by atoms with Crippen molar-refractivity contribution in [2.24, 2.45) is 0 Å². The average Bonchev–Trinajstić information content (AvgIpc) is 2.73. The Morgan fingerprint density at radius 3 is 2.24 bits per heavy atom. The smallest absolute Gasteiger partial charge is 0.421 e. The third kappa shape index (κ3) is 6.60. The van der Waals surface area contributed by atoms with Crippen LogP contribution in [0.3, 0.4) is 0 Å². The zero-order valence-electron chi connectivity index (χ0n) is 19.4. The van der Waals surface area contributed by atoms with Crippen LogP contribution in [0.5, 0.6) is 5.75 Å². The molecule has 3 aromatic rings. The van der Waals surface area contributed by atoms with Gasteiger partial charge < -0.3 is 15.4 Å². The van der Waals surface area contributed by atoms with Crippen molar-refractivity contribution in [3.8, 4) is 5.75 Å². The van der Waals surface area contributed by atoms with Gasteiger partial charge in [0.2, 0.25) is 5.95 Å². The molecule has 5 nitrogen and oxygen atoms in total. The summed E-state index contributed by atoms with van der Waals surface area (Å²) >= 11 is 0. The Bertz CT molecular complexity index is 1080. The molecule has 0 amide bonds. The van der Waals surface area contributed by atoms with Crippen LogP contribution in [0.2, 0.25) is 0 Å². The number of aromatic nitrogens is 2. The molecule has 3 rings (SSSR count). The number of hydrogen-bond acceptors (Lipinski definition) is 5. The molecule has 1 atom stereocenters. The minimum absolute atomic E-state index is 0.0519. The van der Waals surface area contributed by atoms with E-state index in [9.17, 15) is 13.2 Å². The van der Waals surface area contributed by atoms with Crippen LogP contribution in [-0.4, -0.2) is 15.6 Å². The first-order valence-corrected chi connectivity index (χ1v) is 10.8. The summed E-state index contributed by atoms with van der Waals surface area (Å²) in [6.45, 7) is 9.85. The predicted molar refractivity (Wildman–Crippen MR) is 126 cm³/mol. The van der Waals surface area contributed by atoms with Crippen LogP contribution >= 0.6 is 0 Å². The number of hydrogen-bond donors (Lipinski definition) is 2. The molecule has 0 saturated heterocycles. The molecule has 1 aromatic heterocycles. The second-order valence-electron chi connectivity index (χ2n) is 8.85. The first kappa shape index (κ1) is 24.4. The largest absolute Gasteiger partial charge is 0.486 e. The fourth-order valence-corrected chi connectivity index (χ4v) is 3.12. The maximum Gasteiger partial charge on any atom is 0.421 e. The summed E-state index contributed by atoms with van der Waals surface area (Å²) in [6.07, 6.45) is -2.83. The fourth-order valence-electron chi connectivity index (χ4n) is 3.12. The van der Waals surface area contributed by atoms with Crippen molar-refractivity contribution in [2.45, 2.75) is 58.7 Å². The Balaban J connectivity index is 1.92. The highest BCUT2D eigenvalue weighted by Gasteiger charge is 2.35. The number of benzene rings is 2. The molecule has 8 heteroatoms. The molecule has 0 radical (unpaired) electrons. The minimum Gasteiger partial charge on any atom is -0.486 e. The first-order valence-electron chi connectivity index (χ1n) is 10.8. The van der Waals surface area contributed by atoms with E-state index in [-0.39, 0.29) is 11.8 Å². The summed E-state index contributed by atoms with van der Waals surface area (Å²) in [5, 5.41) is 5.78. The Morgan fingerprint density at radius 2 is 1.64 bits per heavy atom. The third-order valence-electron chi connectivity index (χ3n) is 5.00. The predicted octanol–water partition coefficient (Wildman–Crippen LogP) is 7.67. The summed E-state index contributed by atoms with van der Waals surface area (Å²) in [6, 6.07) is 14.5. The summed E-state index contributed by atoms with van der Waals surface area (Å²) in [4.78, 5) is 8.02. The first-order chi connectivity index (χ1) is 15.5. The quantitative estimate of drug-likeness (QED) is 0.380. The minimum atomic E-state index is -4.63. The van der Waals surface area contributed by atoms with Crippen molar-refractivity contribution < 1.29 is 17.9 Å². The number of rotatable bonds is 7. The molecule has 2 N–H and O–H groups in total. The summed E-state index contributed by atoms with van der Waals surface area (Å²) in [5.41, 5.74) is 0.759. The molecule has 0 aliphatic heterocycles. The zero-order valence-corrected chi connectivity index (χ0v) is 19.4. The Labute approximate surface area is 192 Å². The second-order valence-corrected chi connectivity index (χ2v) is 8.85. The molecule has 0 aliphatic rings. The van der Waals surface area contributed by atoms with Crippen molar-refractivity contribution >= 4 is 23.1 Å². The Hall–Kier alpha value is -3.29. The van der Waals surface area contributed by atoms with Crippen molar-refractivity contribution in [3.05, 3.63) is 65.9 Å². The zero-order chi connectivity index (χ0) is 24.2. The van der Waals surface area contributed by atoms with Gasteiger partial charge in [-0.2, -0.15) is 18.2 Å². The topological polar surface area (TPSA) is 59.1 Å². The molecule has 0 saturated carbocycles. The van der Waals surface area contributed by atoms with Crippen LogP contribution in [-0.2, 0) is 6.18 Å². The van der Waals surface area contributed by atoms with E-state index in [0.717, 1.165) is 12.6 Å². The Morgan fingerprint density at radius 1 is 0.970 bits per heavy atom. The van der Waals surface area contributed by atoms with E-state index in [1.807, 2.05) is 45.0 Å². The van der Waals surface area contributed by atoms with Crippen LogP contribution in [0.15, 0.2) is 54.7 Å². The monoisotopic (exact) mass is 458 g/mol. The molecular formula is C25H29F3N4O. The SMILES string of the molecule is CCC(C)c1ccc(Nc2ncc(C(F)(F)F)c(Nc3ccccc3OC(C)(C)C)n2)cc1. The van der Waals surface area contributed by atoms with Crippen LogP contribution in [0.1, 0.15) is 58.1 Å². The highest BCUT2D eigenvalue weighted by Crippen LogP contribution is 2.37. The van der Waals surface area contributed by atoms with E-state index in [0.29, 0.717) is 23.0 Å². The van der Waals surface area contributed by atoms with Gasteiger partial charge in [-0.15, -0.1) is 0 Å². The summed E-state index contributed by atoms with van der Waals surface area (Å²) in [7, 11) is 0. The highest BCUT2D eigenvalue weighted by molar-refractivity contribution is 5.67. The highest BCUT2D eigenvalue weighted by atomic mass is 19.4. The molecule has 0 fully saturated rings. The van der Waals surface area contributed by atoms with Gasteiger partial charge in [0.05, 0.1) is 5.69 Å². The van der Waals surface area contributed by atoms with Gasteiger partial charge in [0, 0.05) is 11.9 Å². The van der Waals surface area contributed by atoms with Gasteiger partial charge in [-0.25, -0.2) is 4.98 Å². The molecule has 1 unspecified atom stereocenters. The number of halogens is 3. The lowest BCUT2D eigenvalue weighted by molar-refractivity contribution is -0.137. The standard InChI is InChI=1S/C25H29F3N4O/c1-6-16(2)17-11-13-18(14-12-17)30-23-29-15-19(25(26,27)28)22(32-23)31-20-9-7-8-10-21(20)33-24(3,4)5/h7-16H,6H2,1-5H3,(H2,29,30,31,32). The maximum absolute atomic E-state index is 13.7. The Kier molecular flexibility index (Phi) is 7.15. The van der Waals surface area contributed by atoms with E-state index in [2.05, 4.69) is 34.4 Å². The number of para-hydroxylation sites is 2. The number of ether oxygens (including phenoxy) is 1. The summed E-state index contributed by atoms with van der Waals surface area (Å²) in [5.74, 6) is 0.539. The molecular weight excluding hydrogens is 429 g/mol. The van der Waals surface area contributed by atoms with Crippen LogP contribution in [0.4, 0.5) is 36.3 Å². The molecule has 176 valence electrons. The van der Waals surface area contributed by atoms with Gasteiger partial charge in [0.1, 0.15) is 22.7 Å². The van der Waals surface area contributed by atoms with E-state index >= 15 is 0 Å². The van der Waals surface area contributed by atoms with Gasteiger partial charge in [0.25, 0.3) is 0 Å². The van der Waals surface area contributed by atoms with Gasteiger partial charge in [0.15, 0.2) is 0 Å². The average molecular weight is 459 g/mol. The molecule has 1 heterocycles. The van der Waals surface area contributed by atoms with E-state index in [4.69, 9.17) is 4.74 Å². The number of alkyl halides is 3. The van der Waals surface area contributed by atoms with Gasteiger partial charge in [-0.1, -0.05) is 38.1 Å². The molecule has 2 aromatic carbocycles. The van der Waals surface area contributed by atoms with E-state index in [1.165, 1.54) is 5.56 Å². The second kappa shape index (κ2) is 9.68. The van der Waals surface area contributed by atoms with Crippen molar-refractivity contribution in [1.82, 2.24) is 9.97 Å². The van der Waals surface area contributed by atoms with Crippen LogP contribution in [0, 0.1) is 0 Å². The van der Waals surface area contributed by atoms with E-state index < -0.39 is 17.3 Å². The van der Waals surface area contributed by atoms with Crippen LogP contribution < -0.4 is 15.4 Å². The van der Waals surface area contributed by atoms with Gasteiger partial charge >= 0.3 is 6.18 Å². The van der Waals surface area contributed by atoms with E-state index in [1.54, 1.807) is 24.3 Å². The van der Waals surface area contributed by atoms with Crippen molar-refractivity contribution in [1.29, 1.82) is 0 Å². The lowest BCUT2D eigenvalue weighted by Gasteiger charge is -2.24. The molecule has 33 heavy (non-hydrogen) atoms. The molecule has 0 spiro atoms. The lowest BCUT2D eigenvalue weighted by atomic mass is 9.99. The number of anilines is 4.